The molecular formula is C14H30N2. The highest BCUT2D eigenvalue weighted by Crippen LogP contribution is 2.27. The van der Waals surface area contributed by atoms with E-state index in [1.54, 1.807) is 0 Å². The Bertz CT molecular complexity index is 193. The minimum Gasteiger partial charge on any atom is -0.317 e. The SMILES string of the molecule is CCCC(CC)N1CCC(NC)C(C)C1C. The highest BCUT2D eigenvalue weighted by molar-refractivity contribution is 4.90. The van der Waals surface area contributed by atoms with Crippen molar-refractivity contribution >= 4 is 0 Å². The van der Waals surface area contributed by atoms with Crippen molar-refractivity contribution in [3.05, 3.63) is 0 Å². The van der Waals surface area contributed by atoms with Crippen LogP contribution in [0.5, 0.6) is 0 Å². The largest absolute Gasteiger partial charge is 0.317 e. The second-order valence-electron chi connectivity index (χ2n) is 5.37. The van der Waals surface area contributed by atoms with Crippen LogP contribution in [0.4, 0.5) is 0 Å². The lowest BCUT2D eigenvalue weighted by atomic mass is 9.85. The Hall–Kier alpha value is -0.0800. The molecule has 1 fully saturated rings. The molecule has 1 heterocycles. The van der Waals surface area contributed by atoms with E-state index in [0.717, 1.165) is 18.0 Å². The fourth-order valence-electron chi connectivity index (χ4n) is 3.25. The summed E-state index contributed by atoms with van der Waals surface area (Å²) in [5, 5.41) is 3.47. The predicted octanol–water partition coefficient (Wildman–Crippen LogP) is 2.88. The van der Waals surface area contributed by atoms with Crippen LogP contribution >= 0.6 is 0 Å². The Balaban J connectivity index is 2.61. The molecule has 1 saturated heterocycles. The molecule has 1 aliphatic heterocycles. The fourth-order valence-corrected chi connectivity index (χ4v) is 3.25. The Morgan fingerprint density at radius 2 is 2.00 bits per heavy atom. The maximum absolute atomic E-state index is 3.47. The molecular weight excluding hydrogens is 196 g/mol. The number of rotatable bonds is 5. The zero-order valence-electron chi connectivity index (χ0n) is 11.8. The van der Waals surface area contributed by atoms with E-state index in [9.17, 15) is 0 Å². The lowest BCUT2D eigenvalue weighted by Gasteiger charge is -2.46. The quantitative estimate of drug-likeness (QED) is 0.775. The Morgan fingerprint density at radius 3 is 2.50 bits per heavy atom. The molecule has 4 unspecified atom stereocenters. The van der Waals surface area contributed by atoms with Gasteiger partial charge in [0.25, 0.3) is 0 Å². The van der Waals surface area contributed by atoms with E-state index in [2.05, 4.69) is 45.0 Å². The van der Waals surface area contributed by atoms with Crippen LogP contribution in [0.2, 0.25) is 0 Å². The minimum atomic E-state index is 0.713. The van der Waals surface area contributed by atoms with Crippen LogP contribution < -0.4 is 5.32 Å². The highest BCUT2D eigenvalue weighted by atomic mass is 15.2. The van der Waals surface area contributed by atoms with Crippen LogP contribution in [0.3, 0.4) is 0 Å². The molecule has 0 aliphatic carbocycles. The molecule has 0 radical (unpaired) electrons. The molecule has 0 saturated carbocycles. The van der Waals surface area contributed by atoms with Crippen LogP contribution in [0.25, 0.3) is 0 Å². The number of nitrogens with zero attached hydrogens (tertiary/aromatic N) is 1. The zero-order chi connectivity index (χ0) is 12.1. The predicted molar refractivity (Wildman–Crippen MR) is 71.8 cm³/mol. The third-order valence-corrected chi connectivity index (χ3v) is 4.55. The van der Waals surface area contributed by atoms with Gasteiger partial charge in [0, 0.05) is 24.7 Å². The van der Waals surface area contributed by atoms with Crippen LogP contribution in [0, 0.1) is 5.92 Å². The zero-order valence-corrected chi connectivity index (χ0v) is 11.8. The lowest BCUT2D eigenvalue weighted by Crippen LogP contribution is -2.55. The maximum Gasteiger partial charge on any atom is 0.0117 e. The van der Waals surface area contributed by atoms with Crippen LogP contribution in [-0.2, 0) is 0 Å². The molecule has 1 rings (SSSR count). The van der Waals surface area contributed by atoms with Gasteiger partial charge in [-0.25, -0.2) is 0 Å². The van der Waals surface area contributed by atoms with E-state index >= 15 is 0 Å². The summed E-state index contributed by atoms with van der Waals surface area (Å²) in [5.74, 6) is 0.768. The Labute approximate surface area is 102 Å². The van der Waals surface area contributed by atoms with E-state index in [-0.39, 0.29) is 0 Å². The van der Waals surface area contributed by atoms with Crippen LogP contribution in [0.15, 0.2) is 0 Å². The standard InChI is InChI=1S/C14H30N2/c1-6-8-13(7-2)16-10-9-14(15-5)11(3)12(16)4/h11-15H,6-10H2,1-5H3. The van der Waals surface area contributed by atoms with Gasteiger partial charge >= 0.3 is 0 Å². The van der Waals surface area contributed by atoms with Gasteiger partial charge in [-0.05, 0) is 39.2 Å². The molecule has 1 N–H and O–H groups in total. The van der Waals surface area contributed by atoms with Crippen molar-refractivity contribution in [1.29, 1.82) is 0 Å². The summed E-state index contributed by atoms with van der Waals surface area (Å²) in [6, 6.07) is 2.24. The molecule has 0 aromatic carbocycles. The lowest BCUT2D eigenvalue weighted by molar-refractivity contribution is 0.0432. The fraction of sp³-hybridized carbons (Fsp3) is 1.00. The molecule has 96 valence electrons. The average molecular weight is 226 g/mol. The van der Waals surface area contributed by atoms with Crippen molar-refractivity contribution in [3.63, 3.8) is 0 Å². The first-order valence-corrected chi connectivity index (χ1v) is 7.08. The Morgan fingerprint density at radius 1 is 1.31 bits per heavy atom. The van der Waals surface area contributed by atoms with Gasteiger partial charge in [0.2, 0.25) is 0 Å². The summed E-state index contributed by atoms with van der Waals surface area (Å²) >= 11 is 0. The van der Waals surface area contributed by atoms with E-state index < -0.39 is 0 Å². The number of hydrogen-bond acceptors (Lipinski definition) is 2. The third kappa shape index (κ3) is 2.98. The molecule has 0 amide bonds. The molecule has 16 heavy (non-hydrogen) atoms. The second-order valence-corrected chi connectivity index (χ2v) is 5.37. The number of hydrogen-bond donors (Lipinski definition) is 1. The summed E-state index contributed by atoms with van der Waals surface area (Å²) in [6.45, 7) is 10.7. The van der Waals surface area contributed by atoms with E-state index in [0.29, 0.717) is 6.04 Å². The summed E-state index contributed by atoms with van der Waals surface area (Å²) in [7, 11) is 2.10. The molecule has 0 bridgehead atoms. The monoisotopic (exact) mass is 226 g/mol. The molecule has 0 spiro atoms. The van der Waals surface area contributed by atoms with E-state index in [4.69, 9.17) is 0 Å². The van der Waals surface area contributed by atoms with Crippen molar-refractivity contribution in [2.45, 2.75) is 71.5 Å². The normalized spacial score (nSPS) is 33.9. The number of piperidine rings is 1. The topological polar surface area (TPSA) is 15.3 Å². The average Bonchev–Trinajstić information content (AvgIpc) is 2.30. The molecule has 4 atom stereocenters. The van der Waals surface area contributed by atoms with Gasteiger partial charge in [0.05, 0.1) is 0 Å². The minimum absolute atomic E-state index is 0.713. The van der Waals surface area contributed by atoms with Gasteiger partial charge in [-0.1, -0.05) is 27.2 Å². The summed E-state index contributed by atoms with van der Waals surface area (Å²) in [6.07, 6.45) is 5.28. The van der Waals surface area contributed by atoms with Crippen molar-refractivity contribution < 1.29 is 0 Å². The smallest absolute Gasteiger partial charge is 0.0117 e. The third-order valence-electron chi connectivity index (χ3n) is 4.55. The van der Waals surface area contributed by atoms with Gasteiger partial charge in [0.1, 0.15) is 0 Å². The Kier molecular flexibility index (Phi) is 5.77. The van der Waals surface area contributed by atoms with Crippen LogP contribution in [-0.4, -0.2) is 36.6 Å². The first-order chi connectivity index (χ1) is 7.65. The number of likely N-dealkylation sites (tertiary alicyclic amines) is 1. The number of nitrogens with one attached hydrogen (secondary N) is 1. The maximum atomic E-state index is 3.47. The highest BCUT2D eigenvalue weighted by Gasteiger charge is 2.34. The van der Waals surface area contributed by atoms with E-state index in [1.165, 1.54) is 32.2 Å². The van der Waals surface area contributed by atoms with Gasteiger partial charge in [-0.3, -0.25) is 4.90 Å². The van der Waals surface area contributed by atoms with Crippen molar-refractivity contribution in [2.75, 3.05) is 13.6 Å². The van der Waals surface area contributed by atoms with Gasteiger partial charge in [-0.2, -0.15) is 0 Å². The molecule has 0 aromatic heterocycles. The first-order valence-electron chi connectivity index (χ1n) is 7.08. The summed E-state index contributed by atoms with van der Waals surface area (Å²) in [5.41, 5.74) is 0. The van der Waals surface area contributed by atoms with Gasteiger partial charge < -0.3 is 5.32 Å². The molecule has 1 aliphatic rings. The first kappa shape index (κ1) is 14.0. The van der Waals surface area contributed by atoms with Gasteiger partial charge in [0.15, 0.2) is 0 Å². The summed E-state index contributed by atoms with van der Waals surface area (Å²) in [4.78, 5) is 2.75. The van der Waals surface area contributed by atoms with Crippen LogP contribution in [0.1, 0.15) is 53.4 Å². The van der Waals surface area contributed by atoms with E-state index in [1.807, 2.05) is 0 Å². The summed E-state index contributed by atoms with van der Waals surface area (Å²) < 4.78 is 0. The molecule has 2 nitrogen and oxygen atoms in total. The second kappa shape index (κ2) is 6.61. The van der Waals surface area contributed by atoms with Crippen molar-refractivity contribution in [2.24, 2.45) is 5.92 Å². The van der Waals surface area contributed by atoms with Gasteiger partial charge in [-0.15, -0.1) is 0 Å². The molecule has 2 heteroatoms. The van der Waals surface area contributed by atoms with Crippen molar-refractivity contribution in [3.8, 4) is 0 Å². The molecule has 0 aromatic rings. The van der Waals surface area contributed by atoms with Crippen molar-refractivity contribution in [1.82, 2.24) is 10.2 Å².